The molecular weight excluding hydrogens is 233 g/mol. The quantitative estimate of drug-likeness (QED) is 0.820. The molecule has 1 atom stereocenters. The molecule has 0 amide bonds. The largest absolute Gasteiger partial charge is 0.396 e. The maximum atomic E-state index is 13.8. The van der Waals surface area contributed by atoms with Gasteiger partial charge in [-0.25, -0.2) is 4.39 Å². The minimum Gasteiger partial charge on any atom is -0.396 e. The first-order valence-corrected chi connectivity index (χ1v) is 6.33. The zero-order chi connectivity index (χ0) is 13.7. The molecule has 0 fully saturated rings. The Bertz CT molecular complexity index is 380. The molecule has 0 aliphatic carbocycles. The van der Waals surface area contributed by atoms with Crippen LogP contribution in [0.25, 0.3) is 0 Å². The van der Waals surface area contributed by atoms with Crippen molar-refractivity contribution in [3.8, 4) is 0 Å². The zero-order valence-electron chi connectivity index (χ0n) is 11.2. The molecule has 1 aromatic rings. The van der Waals surface area contributed by atoms with E-state index in [9.17, 15) is 9.50 Å². The van der Waals surface area contributed by atoms with Gasteiger partial charge in [0.25, 0.3) is 0 Å². The second-order valence-electron chi connectivity index (χ2n) is 4.71. The zero-order valence-corrected chi connectivity index (χ0v) is 11.2. The second kappa shape index (κ2) is 6.71. The fraction of sp³-hybridized carbons (Fsp3) is 0.571. The summed E-state index contributed by atoms with van der Waals surface area (Å²) in [5.41, 5.74) is 1.03. The van der Waals surface area contributed by atoms with Crippen LogP contribution in [-0.4, -0.2) is 29.4 Å². The Morgan fingerprint density at radius 2 is 1.94 bits per heavy atom. The van der Waals surface area contributed by atoms with Gasteiger partial charge < -0.3 is 15.1 Å². The lowest BCUT2D eigenvalue weighted by Crippen LogP contribution is -2.33. The Balaban J connectivity index is 3.14. The summed E-state index contributed by atoms with van der Waals surface area (Å²) in [6, 6.07) is 4.99. The number of aliphatic hydroxyl groups excluding tert-OH is 2. The highest BCUT2D eigenvalue weighted by Crippen LogP contribution is 2.30. The molecule has 3 nitrogen and oxygen atoms in total. The van der Waals surface area contributed by atoms with Crippen molar-refractivity contribution in [1.29, 1.82) is 0 Å². The van der Waals surface area contributed by atoms with E-state index in [-0.39, 0.29) is 12.6 Å². The standard InChI is InChI=1S/C14H22FNO2/c1-10(2)16(8-5-9-17)13-7-4-6-12(15)14(13)11(3)18/h4,6-7,10-11,17-18H,5,8-9H2,1-3H3. The fourth-order valence-corrected chi connectivity index (χ4v) is 2.09. The van der Waals surface area contributed by atoms with Gasteiger partial charge in [-0.2, -0.15) is 0 Å². The first kappa shape index (κ1) is 14.9. The molecule has 0 saturated heterocycles. The van der Waals surface area contributed by atoms with Crippen LogP contribution in [-0.2, 0) is 0 Å². The first-order chi connectivity index (χ1) is 8.49. The molecule has 0 spiro atoms. The summed E-state index contributed by atoms with van der Waals surface area (Å²) in [5, 5.41) is 18.7. The number of hydrogen-bond donors (Lipinski definition) is 2. The lowest BCUT2D eigenvalue weighted by molar-refractivity contribution is 0.194. The molecule has 1 aromatic carbocycles. The van der Waals surface area contributed by atoms with Crippen molar-refractivity contribution in [3.63, 3.8) is 0 Å². The van der Waals surface area contributed by atoms with Gasteiger partial charge in [0.2, 0.25) is 0 Å². The minimum atomic E-state index is -0.850. The molecule has 102 valence electrons. The molecule has 18 heavy (non-hydrogen) atoms. The van der Waals surface area contributed by atoms with Crippen molar-refractivity contribution in [1.82, 2.24) is 0 Å². The third-order valence-corrected chi connectivity index (χ3v) is 2.94. The summed E-state index contributed by atoms with van der Waals surface area (Å²) in [7, 11) is 0. The summed E-state index contributed by atoms with van der Waals surface area (Å²) in [6.45, 7) is 6.31. The van der Waals surface area contributed by atoms with Gasteiger partial charge in [-0.05, 0) is 39.3 Å². The number of benzene rings is 1. The summed E-state index contributed by atoms with van der Waals surface area (Å²) in [4.78, 5) is 2.00. The predicted octanol–water partition coefficient (Wildman–Crippen LogP) is 2.48. The van der Waals surface area contributed by atoms with E-state index in [0.29, 0.717) is 24.2 Å². The van der Waals surface area contributed by atoms with E-state index in [2.05, 4.69) is 0 Å². The summed E-state index contributed by atoms with van der Waals surface area (Å²) < 4.78 is 13.8. The number of rotatable bonds is 6. The van der Waals surface area contributed by atoms with Crippen LogP contribution in [0, 0.1) is 5.82 Å². The third-order valence-electron chi connectivity index (χ3n) is 2.94. The van der Waals surface area contributed by atoms with Gasteiger partial charge in [-0.1, -0.05) is 6.07 Å². The summed E-state index contributed by atoms with van der Waals surface area (Å²) in [5.74, 6) is -0.392. The van der Waals surface area contributed by atoms with Crippen LogP contribution in [0.3, 0.4) is 0 Å². The monoisotopic (exact) mass is 255 g/mol. The highest BCUT2D eigenvalue weighted by atomic mass is 19.1. The van der Waals surface area contributed by atoms with Gasteiger partial charge in [0.15, 0.2) is 0 Å². The van der Waals surface area contributed by atoms with Crippen LogP contribution in [0.4, 0.5) is 10.1 Å². The maximum absolute atomic E-state index is 13.8. The maximum Gasteiger partial charge on any atom is 0.131 e. The van der Waals surface area contributed by atoms with Crippen LogP contribution in [0.15, 0.2) is 18.2 Å². The Hall–Kier alpha value is -1.13. The smallest absolute Gasteiger partial charge is 0.131 e. The molecule has 0 aromatic heterocycles. The number of hydrogen-bond acceptors (Lipinski definition) is 3. The number of nitrogens with zero attached hydrogens (tertiary/aromatic N) is 1. The molecule has 0 bridgehead atoms. The molecule has 1 unspecified atom stereocenters. The number of aliphatic hydroxyl groups is 2. The van der Waals surface area contributed by atoms with Crippen LogP contribution in [0.1, 0.15) is 38.9 Å². The Kier molecular flexibility index (Phi) is 5.56. The van der Waals surface area contributed by atoms with Crippen LogP contribution >= 0.6 is 0 Å². The molecule has 4 heteroatoms. The van der Waals surface area contributed by atoms with Crippen molar-refractivity contribution >= 4 is 5.69 Å². The molecular formula is C14H22FNO2. The van der Waals surface area contributed by atoms with Gasteiger partial charge in [0.1, 0.15) is 5.82 Å². The van der Waals surface area contributed by atoms with E-state index in [1.165, 1.54) is 6.07 Å². The lowest BCUT2D eigenvalue weighted by atomic mass is 10.0. The van der Waals surface area contributed by atoms with E-state index < -0.39 is 11.9 Å². The predicted molar refractivity (Wildman–Crippen MR) is 71.2 cm³/mol. The summed E-state index contributed by atoms with van der Waals surface area (Å²) >= 11 is 0. The topological polar surface area (TPSA) is 43.7 Å². The molecule has 0 aliphatic rings. The molecule has 0 saturated carbocycles. The Morgan fingerprint density at radius 1 is 1.28 bits per heavy atom. The average molecular weight is 255 g/mol. The van der Waals surface area contributed by atoms with Gasteiger partial charge >= 0.3 is 0 Å². The van der Waals surface area contributed by atoms with Gasteiger partial charge in [-0.3, -0.25) is 0 Å². The molecule has 0 aliphatic heterocycles. The van der Waals surface area contributed by atoms with Gasteiger partial charge in [-0.15, -0.1) is 0 Å². The normalized spacial score (nSPS) is 12.8. The second-order valence-corrected chi connectivity index (χ2v) is 4.71. The van der Waals surface area contributed by atoms with Crippen LogP contribution < -0.4 is 4.90 Å². The SMILES string of the molecule is CC(O)c1c(F)cccc1N(CCCO)C(C)C. The number of anilines is 1. The van der Waals surface area contributed by atoms with E-state index in [0.717, 1.165) is 0 Å². The van der Waals surface area contributed by atoms with E-state index >= 15 is 0 Å². The first-order valence-electron chi connectivity index (χ1n) is 6.33. The van der Waals surface area contributed by atoms with E-state index in [1.807, 2.05) is 24.8 Å². The fourth-order valence-electron chi connectivity index (χ4n) is 2.09. The molecule has 0 radical (unpaired) electrons. The Morgan fingerprint density at radius 3 is 2.44 bits per heavy atom. The molecule has 2 N–H and O–H groups in total. The third kappa shape index (κ3) is 3.43. The van der Waals surface area contributed by atoms with Gasteiger partial charge in [0.05, 0.1) is 6.10 Å². The van der Waals surface area contributed by atoms with E-state index in [1.54, 1.807) is 13.0 Å². The van der Waals surface area contributed by atoms with Gasteiger partial charge in [0, 0.05) is 30.4 Å². The number of halogens is 1. The highest BCUT2D eigenvalue weighted by molar-refractivity contribution is 5.55. The highest BCUT2D eigenvalue weighted by Gasteiger charge is 2.19. The van der Waals surface area contributed by atoms with Crippen molar-refractivity contribution in [3.05, 3.63) is 29.6 Å². The lowest BCUT2D eigenvalue weighted by Gasteiger charge is -2.31. The van der Waals surface area contributed by atoms with Crippen molar-refractivity contribution in [2.24, 2.45) is 0 Å². The minimum absolute atomic E-state index is 0.0997. The van der Waals surface area contributed by atoms with Crippen molar-refractivity contribution in [2.45, 2.75) is 39.3 Å². The van der Waals surface area contributed by atoms with Crippen molar-refractivity contribution < 1.29 is 14.6 Å². The molecule has 0 heterocycles. The summed E-state index contributed by atoms with van der Waals surface area (Å²) in [6.07, 6.45) is -0.231. The Labute approximate surface area is 108 Å². The van der Waals surface area contributed by atoms with Crippen LogP contribution in [0.5, 0.6) is 0 Å². The van der Waals surface area contributed by atoms with E-state index in [4.69, 9.17) is 5.11 Å². The van der Waals surface area contributed by atoms with Crippen molar-refractivity contribution in [2.75, 3.05) is 18.1 Å². The average Bonchev–Trinajstić information content (AvgIpc) is 2.28. The molecule has 1 rings (SSSR count). The van der Waals surface area contributed by atoms with Crippen LogP contribution in [0.2, 0.25) is 0 Å².